The third-order valence-corrected chi connectivity index (χ3v) is 4.82. The van der Waals surface area contributed by atoms with Gasteiger partial charge >= 0.3 is 0 Å². The van der Waals surface area contributed by atoms with Crippen LogP contribution in [0.3, 0.4) is 0 Å². The predicted octanol–water partition coefficient (Wildman–Crippen LogP) is 2.07. The second-order valence-corrected chi connectivity index (χ2v) is 6.57. The second-order valence-electron chi connectivity index (χ2n) is 3.95. The first kappa shape index (κ1) is 17.9. The van der Waals surface area contributed by atoms with Gasteiger partial charge in [0.15, 0.2) is 0 Å². The predicted molar refractivity (Wildman–Crippen MR) is 79.8 cm³/mol. The third kappa shape index (κ3) is 4.85. The van der Waals surface area contributed by atoms with Gasteiger partial charge < -0.3 is 5.32 Å². The lowest BCUT2D eigenvalue weighted by Gasteiger charge is -2.12. The quantitative estimate of drug-likeness (QED) is 0.848. The molecule has 0 radical (unpaired) electrons. The highest BCUT2D eigenvalue weighted by molar-refractivity contribution is 9.10. The van der Waals surface area contributed by atoms with E-state index >= 15 is 0 Å². The highest BCUT2D eigenvalue weighted by Gasteiger charge is 2.15. The molecule has 0 saturated heterocycles. The van der Waals surface area contributed by atoms with Crippen molar-refractivity contribution >= 4 is 38.4 Å². The van der Waals surface area contributed by atoms with Crippen LogP contribution < -0.4 is 10.0 Å². The van der Waals surface area contributed by atoms with Crippen LogP contribution in [0.1, 0.15) is 12.5 Å². The van der Waals surface area contributed by atoms with Gasteiger partial charge in [0.25, 0.3) is 0 Å². The van der Waals surface area contributed by atoms with Gasteiger partial charge in [-0.2, -0.15) is 0 Å². The number of rotatable bonds is 5. The first-order chi connectivity index (χ1) is 7.86. The average molecular weight is 358 g/mol. The molecule has 0 amide bonds. The Bertz CT molecular complexity index is 494. The van der Waals surface area contributed by atoms with Crippen molar-refractivity contribution in [1.82, 2.24) is 10.0 Å². The van der Waals surface area contributed by atoms with Crippen molar-refractivity contribution in [2.24, 2.45) is 0 Å². The van der Waals surface area contributed by atoms with Crippen molar-refractivity contribution in [3.05, 3.63) is 28.2 Å². The molecule has 2 N–H and O–H groups in total. The van der Waals surface area contributed by atoms with E-state index < -0.39 is 10.0 Å². The number of halogens is 2. The molecule has 0 aliphatic carbocycles. The lowest BCUT2D eigenvalue weighted by atomic mass is 10.2. The molecule has 0 aromatic heterocycles. The van der Waals surface area contributed by atoms with Gasteiger partial charge in [0.05, 0.1) is 4.90 Å². The molecule has 1 aromatic carbocycles. The van der Waals surface area contributed by atoms with E-state index in [1.54, 1.807) is 25.2 Å². The minimum Gasteiger partial charge on any atom is -0.316 e. The third-order valence-electron chi connectivity index (χ3n) is 2.51. The summed E-state index contributed by atoms with van der Waals surface area (Å²) in [5.41, 5.74) is 0.898. The monoisotopic (exact) mass is 356 g/mol. The summed E-state index contributed by atoms with van der Waals surface area (Å²) in [5.74, 6) is 0. The summed E-state index contributed by atoms with van der Waals surface area (Å²) < 4.78 is 27.4. The van der Waals surface area contributed by atoms with Crippen LogP contribution in [0.5, 0.6) is 0 Å². The van der Waals surface area contributed by atoms with Crippen molar-refractivity contribution in [3.63, 3.8) is 0 Å². The maximum atomic E-state index is 12.0. The summed E-state index contributed by atoms with van der Waals surface area (Å²) in [6, 6.07) is 5.08. The van der Waals surface area contributed by atoms with E-state index in [2.05, 4.69) is 26.0 Å². The van der Waals surface area contributed by atoms with Gasteiger partial charge in [-0.05, 0) is 44.7 Å². The average Bonchev–Trinajstić information content (AvgIpc) is 2.29. The Morgan fingerprint density at radius 2 is 2.00 bits per heavy atom. The molecule has 4 nitrogen and oxygen atoms in total. The van der Waals surface area contributed by atoms with E-state index in [4.69, 9.17) is 0 Å². The lowest BCUT2D eigenvalue weighted by Crippen LogP contribution is -2.37. The molecule has 0 heterocycles. The summed E-state index contributed by atoms with van der Waals surface area (Å²) in [6.07, 6.45) is 0. The molecule has 7 heteroatoms. The zero-order chi connectivity index (χ0) is 13.1. The molecule has 1 rings (SSSR count). The van der Waals surface area contributed by atoms with Crippen molar-refractivity contribution in [2.45, 2.75) is 24.8 Å². The molecule has 18 heavy (non-hydrogen) atoms. The summed E-state index contributed by atoms with van der Waals surface area (Å²) in [4.78, 5) is 0.293. The molecule has 0 fully saturated rings. The Kier molecular flexibility index (Phi) is 7.39. The van der Waals surface area contributed by atoms with Crippen LogP contribution in [0.25, 0.3) is 0 Å². The van der Waals surface area contributed by atoms with Gasteiger partial charge in [0.2, 0.25) is 10.0 Å². The van der Waals surface area contributed by atoms with E-state index in [-0.39, 0.29) is 18.4 Å². The molecular weight excluding hydrogens is 340 g/mol. The van der Waals surface area contributed by atoms with E-state index in [9.17, 15) is 8.42 Å². The van der Waals surface area contributed by atoms with Crippen molar-refractivity contribution in [2.75, 3.05) is 13.6 Å². The summed E-state index contributed by atoms with van der Waals surface area (Å²) in [7, 11) is -1.62. The van der Waals surface area contributed by atoms with Crippen molar-refractivity contribution in [1.29, 1.82) is 0 Å². The maximum absolute atomic E-state index is 12.0. The first-order valence-electron chi connectivity index (χ1n) is 5.30. The summed E-state index contributed by atoms with van der Waals surface area (Å²) in [6.45, 7) is 4.14. The van der Waals surface area contributed by atoms with Gasteiger partial charge in [-0.25, -0.2) is 13.1 Å². The fraction of sp³-hybridized carbons (Fsp3) is 0.455. The Morgan fingerprint density at radius 1 is 1.39 bits per heavy atom. The summed E-state index contributed by atoms with van der Waals surface area (Å²) in [5, 5.41) is 2.98. The normalized spacial score (nSPS) is 12.9. The van der Waals surface area contributed by atoms with Crippen LogP contribution in [0.15, 0.2) is 27.6 Å². The molecule has 0 spiro atoms. The lowest BCUT2D eigenvalue weighted by molar-refractivity contribution is 0.554. The Balaban J connectivity index is 0.00000289. The Labute approximate surface area is 123 Å². The standard InChI is InChI=1S/C11H17BrN2O2S.ClH/c1-8-6-10(4-5-11(8)12)17(15,16)14-7-9(2)13-3;/h4-6,9,13-14H,7H2,1-3H3;1H. The maximum Gasteiger partial charge on any atom is 0.240 e. The number of nitrogens with one attached hydrogen (secondary N) is 2. The van der Waals surface area contributed by atoms with Crippen LogP contribution in [-0.4, -0.2) is 28.1 Å². The SMILES string of the molecule is CNC(C)CNS(=O)(=O)c1ccc(Br)c(C)c1.Cl. The van der Waals surface area contributed by atoms with E-state index in [1.807, 2.05) is 13.8 Å². The molecule has 104 valence electrons. The van der Waals surface area contributed by atoms with Crippen molar-refractivity contribution in [3.8, 4) is 0 Å². The zero-order valence-corrected chi connectivity index (χ0v) is 13.7. The number of sulfonamides is 1. The van der Waals surface area contributed by atoms with E-state index in [0.29, 0.717) is 11.4 Å². The minimum atomic E-state index is -3.42. The number of benzene rings is 1. The molecule has 0 bridgehead atoms. The van der Waals surface area contributed by atoms with Gasteiger partial charge in [0, 0.05) is 17.1 Å². The second kappa shape index (κ2) is 7.45. The van der Waals surface area contributed by atoms with Crippen molar-refractivity contribution < 1.29 is 8.42 Å². The van der Waals surface area contributed by atoms with Crippen LogP contribution >= 0.6 is 28.3 Å². The number of hydrogen-bond donors (Lipinski definition) is 2. The van der Waals surface area contributed by atoms with Crippen LogP contribution in [-0.2, 0) is 10.0 Å². The summed E-state index contributed by atoms with van der Waals surface area (Å²) >= 11 is 3.34. The fourth-order valence-electron chi connectivity index (χ4n) is 1.20. The Morgan fingerprint density at radius 3 is 2.50 bits per heavy atom. The van der Waals surface area contributed by atoms with Gasteiger partial charge in [0.1, 0.15) is 0 Å². The number of aryl methyl sites for hydroxylation is 1. The molecule has 1 unspecified atom stereocenters. The highest BCUT2D eigenvalue weighted by Crippen LogP contribution is 2.19. The smallest absolute Gasteiger partial charge is 0.240 e. The number of likely N-dealkylation sites (N-methyl/N-ethyl adjacent to an activating group) is 1. The topological polar surface area (TPSA) is 58.2 Å². The first-order valence-corrected chi connectivity index (χ1v) is 7.57. The molecular formula is C11H18BrClN2O2S. The largest absolute Gasteiger partial charge is 0.316 e. The zero-order valence-electron chi connectivity index (χ0n) is 10.5. The molecule has 1 atom stereocenters. The van der Waals surface area contributed by atoms with Gasteiger partial charge in [-0.15, -0.1) is 12.4 Å². The minimum absolute atomic E-state index is 0. The fourth-order valence-corrected chi connectivity index (χ4v) is 2.67. The highest BCUT2D eigenvalue weighted by atomic mass is 79.9. The molecule has 0 aliphatic heterocycles. The van der Waals surface area contributed by atoms with Crippen LogP contribution in [0, 0.1) is 6.92 Å². The van der Waals surface area contributed by atoms with E-state index in [1.165, 1.54) is 0 Å². The van der Waals surface area contributed by atoms with E-state index in [0.717, 1.165) is 10.0 Å². The van der Waals surface area contributed by atoms with Crippen LogP contribution in [0.4, 0.5) is 0 Å². The molecule has 1 aromatic rings. The molecule has 0 aliphatic rings. The molecule has 0 saturated carbocycles. The van der Waals surface area contributed by atoms with Gasteiger partial charge in [-0.1, -0.05) is 15.9 Å². The van der Waals surface area contributed by atoms with Gasteiger partial charge in [-0.3, -0.25) is 0 Å². The Hall–Kier alpha value is -0.140. The number of hydrogen-bond acceptors (Lipinski definition) is 3. The van der Waals surface area contributed by atoms with Crippen LogP contribution in [0.2, 0.25) is 0 Å².